The van der Waals surface area contributed by atoms with E-state index in [0.717, 1.165) is 72.2 Å². The molecule has 2 aliphatic rings. The summed E-state index contributed by atoms with van der Waals surface area (Å²) in [6.45, 7) is 6.27. The number of ether oxygens (including phenoxy) is 1. The third-order valence-corrected chi connectivity index (χ3v) is 8.86. The van der Waals surface area contributed by atoms with E-state index in [1.54, 1.807) is 6.20 Å². The van der Waals surface area contributed by atoms with Crippen molar-refractivity contribution in [2.45, 2.75) is 46.0 Å². The third-order valence-electron chi connectivity index (χ3n) is 8.86. The van der Waals surface area contributed by atoms with Gasteiger partial charge in [0.25, 0.3) is 0 Å². The van der Waals surface area contributed by atoms with Crippen molar-refractivity contribution in [1.29, 1.82) is 0 Å². The third kappa shape index (κ3) is 6.65. The average Bonchev–Trinajstić information content (AvgIpc) is 3.34. The Hall–Kier alpha value is -4.56. The lowest BCUT2D eigenvalue weighted by Gasteiger charge is -2.32. The van der Waals surface area contributed by atoms with Gasteiger partial charge in [0, 0.05) is 74.7 Å². The van der Waals surface area contributed by atoms with Crippen molar-refractivity contribution in [2.24, 2.45) is 5.41 Å². The number of nitrogens with one attached hydrogen (secondary N) is 1. The smallest absolute Gasteiger partial charge is 0.229 e. The Kier molecular flexibility index (Phi) is 8.44. The maximum atomic E-state index is 13.1. The van der Waals surface area contributed by atoms with Crippen molar-refractivity contribution in [2.75, 3.05) is 41.9 Å². The lowest BCUT2D eigenvalue weighted by molar-refractivity contribution is -0.119. The molecule has 2 saturated heterocycles. The number of aryl methyl sites for hydroxylation is 2. The summed E-state index contributed by atoms with van der Waals surface area (Å²) in [5.74, 6) is 1.57. The molecule has 3 aromatic carbocycles. The lowest BCUT2D eigenvalue weighted by atomic mass is 9.79. The molecule has 1 spiro atoms. The molecule has 2 fully saturated rings. The summed E-state index contributed by atoms with van der Waals surface area (Å²) in [5, 5.41) is 3.34. The van der Waals surface area contributed by atoms with Gasteiger partial charge in [-0.25, -0.2) is 4.98 Å². The van der Waals surface area contributed by atoms with E-state index in [4.69, 9.17) is 9.72 Å². The number of aromatic nitrogens is 2. The van der Waals surface area contributed by atoms with Gasteiger partial charge in [0.15, 0.2) is 0 Å². The number of nitrogens with zero attached hydrogens (tertiary/aromatic N) is 4. The number of hydrogen-bond acceptors (Lipinski definition) is 7. The second kappa shape index (κ2) is 12.6. The molecular weight excluding hydrogens is 550 g/mol. The van der Waals surface area contributed by atoms with Crippen LogP contribution in [0.1, 0.15) is 41.5 Å². The maximum absolute atomic E-state index is 13.1. The molecule has 0 bridgehead atoms. The van der Waals surface area contributed by atoms with Crippen molar-refractivity contribution in [3.63, 3.8) is 0 Å². The van der Waals surface area contributed by atoms with E-state index in [9.17, 15) is 9.59 Å². The highest BCUT2D eigenvalue weighted by Crippen LogP contribution is 2.43. The first kappa shape index (κ1) is 29.5. The first-order chi connectivity index (χ1) is 21.3. The van der Waals surface area contributed by atoms with Gasteiger partial charge in [0.05, 0.1) is 0 Å². The van der Waals surface area contributed by atoms with E-state index < -0.39 is 0 Å². The highest BCUT2D eigenvalue weighted by molar-refractivity contribution is 5.97. The molecule has 2 aliphatic heterocycles. The van der Waals surface area contributed by atoms with E-state index in [1.165, 1.54) is 5.56 Å². The molecule has 0 aliphatic carbocycles. The number of ketones is 1. The van der Waals surface area contributed by atoms with E-state index >= 15 is 0 Å². The molecule has 1 amide bonds. The summed E-state index contributed by atoms with van der Waals surface area (Å²) < 4.78 is 5.57. The van der Waals surface area contributed by atoms with Crippen LogP contribution in [0.15, 0.2) is 79.0 Å². The fraction of sp³-hybridized carbons (Fsp3) is 0.333. The zero-order chi connectivity index (χ0) is 30.7. The quantitative estimate of drug-likeness (QED) is 0.239. The Balaban J connectivity index is 1.11. The zero-order valence-corrected chi connectivity index (χ0v) is 25.7. The van der Waals surface area contributed by atoms with Gasteiger partial charge in [0.1, 0.15) is 11.6 Å². The number of benzene rings is 3. The number of amides is 1. The van der Waals surface area contributed by atoms with Crippen LogP contribution in [0.3, 0.4) is 0 Å². The summed E-state index contributed by atoms with van der Waals surface area (Å²) in [5.41, 5.74) is 7.00. The van der Waals surface area contributed by atoms with Crippen LogP contribution in [0.4, 0.5) is 28.8 Å². The highest BCUT2D eigenvalue weighted by atomic mass is 16.5. The molecule has 8 heteroatoms. The van der Waals surface area contributed by atoms with Gasteiger partial charge < -0.3 is 19.9 Å². The standard InChI is InChI=1S/C36H39N5O3/c1-25-4-7-27(8-5-25)20-31(42)21-28-9-12-30(13-10-28)40(3)33-14-17-37-35(39-33)38-29-11-6-26(2)32(22-29)41-24-36(23-34(41)43)15-18-44-19-16-36/h4-14,17,22H,15-16,18-21,23-24H2,1-3H3,(H,37,38,39). The van der Waals surface area contributed by atoms with Gasteiger partial charge >= 0.3 is 0 Å². The van der Waals surface area contributed by atoms with E-state index in [0.29, 0.717) is 25.2 Å². The SMILES string of the molecule is Cc1ccc(CC(=O)Cc2ccc(N(C)c3ccnc(Nc4ccc(C)c(N5CC6(CCOCC6)CC5=O)c4)n3)cc2)cc1. The number of Topliss-reactive ketones (excluding diaryl/α,β-unsaturated/α-hetero) is 1. The average molecular weight is 590 g/mol. The molecule has 6 rings (SSSR count). The van der Waals surface area contributed by atoms with Crippen LogP contribution in [-0.2, 0) is 27.2 Å². The summed E-state index contributed by atoms with van der Waals surface area (Å²) in [7, 11) is 1.96. The van der Waals surface area contributed by atoms with Crippen LogP contribution < -0.4 is 15.1 Å². The molecule has 4 aromatic rings. The lowest BCUT2D eigenvalue weighted by Crippen LogP contribution is -2.33. The van der Waals surface area contributed by atoms with Crippen LogP contribution >= 0.6 is 0 Å². The highest BCUT2D eigenvalue weighted by Gasteiger charge is 2.44. The Bertz CT molecular complexity index is 1650. The molecule has 8 nitrogen and oxygen atoms in total. The Morgan fingerprint density at radius 2 is 1.64 bits per heavy atom. The Morgan fingerprint density at radius 3 is 2.34 bits per heavy atom. The second-order valence-corrected chi connectivity index (χ2v) is 12.2. The Labute approximate surface area is 259 Å². The van der Waals surface area contributed by atoms with Gasteiger partial charge in [-0.3, -0.25) is 9.59 Å². The van der Waals surface area contributed by atoms with Gasteiger partial charge in [-0.1, -0.05) is 48.0 Å². The van der Waals surface area contributed by atoms with Crippen LogP contribution in [0.25, 0.3) is 0 Å². The molecular formula is C36H39N5O3. The normalized spacial score (nSPS) is 15.9. The predicted octanol–water partition coefficient (Wildman–Crippen LogP) is 6.49. The van der Waals surface area contributed by atoms with Gasteiger partial charge in [-0.05, 0) is 73.7 Å². The first-order valence-corrected chi connectivity index (χ1v) is 15.3. The maximum Gasteiger partial charge on any atom is 0.229 e. The molecule has 1 N–H and O–H groups in total. The summed E-state index contributed by atoms with van der Waals surface area (Å²) in [6.07, 6.45) is 5.00. The molecule has 0 atom stereocenters. The monoisotopic (exact) mass is 589 g/mol. The van der Waals surface area contributed by atoms with Crippen LogP contribution in [0, 0.1) is 19.3 Å². The van der Waals surface area contributed by atoms with Gasteiger partial charge in [0.2, 0.25) is 11.9 Å². The number of rotatable bonds is 9. The minimum atomic E-state index is 0.0163. The molecule has 0 saturated carbocycles. The fourth-order valence-electron chi connectivity index (χ4n) is 6.15. The zero-order valence-electron chi connectivity index (χ0n) is 25.7. The van der Waals surface area contributed by atoms with E-state index in [-0.39, 0.29) is 17.1 Å². The molecule has 44 heavy (non-hydrogen) atoms. The van der Waals surface area contributed by atoms with Crippen molar-refractivity contribution < 1.29 is 14.3 Å². The van der Waals surface area contributed by atoms with Crippen molar-refractivity contribution in [3.8, 4) is 0 Å². The van der Waals surface area contributed by atoms with Gasteiger partial charge in [-0.2, -0.15) is 4.98 Å². The number of carbonyl (C=O) groups excluding carboxylic acids is 2. The topological polar surface area (TPSA) is 87.7 Å². The molecule has 226 valence electrons. The molecule has 3 heterocycles. The molecule has 0 radical (unpaired) electrons. The van der Waals surface area contributed by atoms with E-state index in [1.807, 2.05) is 103 Å². The predicted molar refractivity (Wildman–Crippen MR) is 174 cm³/mol. The number of hydrogen-bond donors (Lipinski definition) is 1. The summed E-state index contributed by atoms with van der Waals surface area (Å²) in [4.78, 5) is 38.9. The molecule has 0 unspecified atom stereocenters. The minimum absolute atomic E-state index is 0.0163. The summed E-state index contributed by atoms with van der Waals surface area (Å²) >= 11 is 0. The van der Waals surface area contributed by atoms with Crippen molar-refractivity contribution >= 4 is 40.5 Å². The van der Waals surface area contributed by atoms with Gasteiger partial charge in [-0.15, -0.1) is 0 Å². The summed E-state index contributed by atoms with van der Waals surface area (Å²) in [6, 6.07) is 24.0. The van der Waals surface area contributed by atoms with E-state index in [2.05, 4.69) is 10.3 Å². The fourth-order valence-corrected chi connectivity index (χ4v) is 6.15. The second-order valence-electron chi connectivity index (χ2n) is 12.2. The molecule has 1 aromatic heterocycles. The number of anilines is 5. The van der Waals surface area contributed by atoms with Crippen molar-refractivity contribution in [1.82, 2.24) is 9.97 Å². The minimum Gasteiger partial charge on any atom is -0.381 e. The van der Waals surface area contributed by atoms with Crippen LogP contribution in [0.5, 0.6) is 0 Å². The van der Waals surface area contributed by atoms with Crippen molar-refractivity contribution in [3.05, 3.63) is 101 Å². The van der Waals surface area contributed by atoms with Crippen LogP contribution in [-0.4, -0.2) is 48.5 Å². The Morgan fingerprint density at radius 1 is 0.955 bits per heavy atom. The first-order valence-electron chi connectivity index (χ1n) is 15.3. The number of carbonyl (C=O) groups is 2. The largest absolute Gasteiger partial charge is 0.381 e. The van der Waals surface area contributed by atoms with Crippen LogP contribution in [0.2, 0.25) is 0 Å².